The molecule has 4 rings (SSSR count). The number of amides is 1. The van der Waals surface area contributed by atoms with Crippen LogP contribution in [0.5, 0.6) is 0 Å². The van der Waals surface area contributed by atoms with Crippen molar-refractivity contribution in [3.8, 4) is 0 Å². The van der Waals surface area contributed by atoms with Crippen LogP contribution in [-0.2, 0) is 14.8 Å². The lowest BCUT2D eigenvalue weighted by molar-refractivity contribution is -0.133. The number of hydrogen-bond acceptors (Lipinski definition) is 3. The molecule has 0 radical (unpaired) electrons. The highest BCUT2D eigenvalue weighted by molar-refractivity contribution is 7.89. The Kier molecular flexibility index (Phi) is 4.77. The summed E-state index contributed by atoms with van der Waals surface area (Å²) in [6.07, 6.45) is 5.67. The lowest BCUT2D eigenvalue weighted by Gasteiger charge is -2.35. The van der Waals surface area contributed by atoms with Crippen LogP contribution >= 0.6 is 0 Å². The maximum Gasteiger partial charge on any atom is 0.243 e. The van der Waals surface area contributed by atoms with Gasteiger partial charge in [0.2, 0.25) is 15.9 Å². The Bertz CT molecular complexity index is 790. The van der Waals surface area contributed by atoms with E-state index in [1.54, 1.807) is 4.90 Å². The Morgan fingerprint density at radius 2 is 1.88 bits per heavy atom. The van der Waals surface area contributed by atoms with E-state index in [2.05, 4.69) is 0 Å². The minimum Gasteiger partial charge on any atom is -0.340 e. The van der Waals surface area contributed by atoms with Gasteiger partial charge < -0.3 is 4.90 Å². The Morgan fingerprint density at radius 3 is 2.50 bits per heavy atom. The maximum absolute atomic E-state index is 13.4. The standard InChI is InChI=1S/C19H25FN2O3S/c20-17-2-1-3-18(13-17)26(24,25)22-8-6-21(7-9-22)19(23)12-16-11-14-4-5-15(16)10-14/h1-3,13-16H,4-12H2/t14-,15-,16-/m0/s1. The number of carbonyl (C=O) groups is 1. The summed E-state index contributed by atoms with van der Waals surface area (Å²) in [6.45, 7) is 1.35. The van der Waals surface area contributed by atoms with Gasteiger partial charge in [-0.2, -0.15) is 4.31 Å². The molecule has 2 bridgehead atoms. The van der Waals surface area contributed by atoms with Crippen LogP contribution in [-0.4, -0.2) is 49.7 Å². The van der Waals surface area contributed by atoms with Crippen molar-refractivity contribution < 1.29 is 17.6 Å². The van der Waals surface area contributed by atoms with E-state index in [1.165, 1.54) is 48.2 Å². The van der Waals surface area contributed by atoms with Crippen LogP contribution in [0.2, 0.25) is 0 Å². The third-order valence-electron chi connectivity index (χ3n) is 6.35. The highest BCUT2D eigenvalue weighted by atomic mass is 32.2. The number of hydrogen-bond donors (Lipinski definition) is 0. The summed E-state index contributed by atoms with van der Waals surface area (Å²) in [7, 11) is -3.71. The van der Waals surface area contributed by atoms with E-state index in [9.17, 15) is 17.6 Å². The van der Waals surface area contributed by atoms with Gasteiger partial charge in [-0.1, -0.05) is 12.5 Å². The molecule has 1 aromatic carbocycles. The number of piperazine rings is 1. The average Bonchev–Trinajstić information content (AvgIpc) is 3.25. The Labute approximate surface area is 154 Å². The van der Waals surface area contributed by atoms with Gasteiger partial charge in [-0.05, 0) is 55.2 Å². The smallest absolute Gasteiger partial charge is 0.243 e. The summed E-state index contributed by atoms with van der Waals surface area (Å²) in [4.78, 5) is 14.4. The van der Waals surface area contributed by atoms with Gasteiger partial charge in [-0.15, -0.1) is 0 Å². The second-order valence-corrected chi connectivity index (χ2v) is 9.82. The summed E-state index contributed by atoms with van der Waals surface area (Å²) in [5.41, 5.74) is 0. The first-order valence-electron chi connectivity index (χ1n) is 9.47. The Balaban J connectivity index is 1.34. The number of nitrogens with zero attached hydrogens (tertiary/aromatic N) is 2. The first-order chi connectivity index (χ1) is 12.4. The van der Waals surface area contributed by atoms with Gasteiger partial charge in [0.25, 0.3) is 0 Å². The van der Waals surface area contributed by atoms with Crippen molar-refractivity contribution >= 4 is 15.9 Å². The predicted molar refractivity (Wildman–Crippen MR) is 95.3 cm³/mol. The monoisotopic (exact) mass is 380 g/mol. The molecule has 0 unspecified atom stereocenters. The number of fused-ring (bicyclic) bond motifs is 2. The van der Waals surface area contributed by atoms with Gasteiger partial charge in [0.05, 0.1) is 4.90 Å². The predicted octanol–water partition coefficient (Wildman–Crippen LogP) is 2.48. The van der Waals surface area contributed by atoms with E-state index >= 15 is 0 Å². The van der Waals surface area contributed by atoms with Crippen LogP contribution < -0.4 is 0 Å². The van der Waals surface area contributed by atoms with Gasteiger partial charge in [0, 0.05) is 32.6 Å². The fourth-order valence-corrected chi connectivity index (χ4v) is 6.39. The molecular formula is C19H25FN2O3S. The fourth-order valence-electron chi connectivity index (χ4n) is 4.93. The zero-order valence-electron chi connectivity index (χ0n) is 14.8. The zero-order valence-corrected chi connectivity index (χ0v) is 15.6. The SMILES string of the molecule is O=C(C[C@@H]1C[C@H]2CC[C@H]1C2)N1CCN(S(=O)(=O)c2cccc(F)c2)CC1. The topological polar surface area (TPSA) is 57.7 Å². The Hall–Kier alpha value is -1.47. The number of benzene rings is 1. The number of sulfonamides is 1. The van der Waals surface area contributed by atoms with Gasteiger partial charge in [0.15, 0.2) is 0 Å². The first kappa shape index (κ1) is 17.9. The molecule has 7 heteroatoms. The normalized spacial score (nSPS) is 29.3. The third-order valence-corrected chi connectivity index (χ3v) is 8.24. The lowest BCUT2D eigenvalue weighted by atomic mass is 9.86. The van der Waals surface area contributed by atoms with Gasteiger partial charge >= 0.3 is 0 Å². The van der Waals surface area contributed by atoms with Crippen molar-refractivity contribution in [3.05, 3.63) is 30.1 Å². The van der Waals surface area contributed by atoms with E-state index in [4.69, 9.17) is 0 Å². The molecule has 26 heavy (non-hydrogen) atoms. The van der Waals surface area contributed by atoms with Crippen molar-refractivity contribution in [1.82, 2.24) is 9.21 Å². The maximum atomic E-state index is 13.4. The molecule has 142 valence electrons. The average molecular weight is 380 g/mol. The third kappa shape index (κ3) is 3.39. The van der Waals surface area contributed by atoms with Crippen LogP contribution in [0.1, 0.15) is 32.1 Å². The van der Waals surface area contributed by atoms with Crippen molar-refractivity contribution in [2.75, 3.05) is 26.2 Å². The fraction of sp³-hybridized carbons (Fsp3) is 0.632. The first-order valence-corrected chi connectivity index (χ1v) is 10.9. The minimum absolute atomic E-state index is 0.0285. The summed E-state index contributed by atoms with van der Waals surface area (Å²) >= 11 is 0. The highest BCUT2D eigenvalue weighted by Crippen LogP contribution is 2.49. The summed E-state index contributed by atoms with van der Waals surface area (Å²) in [5.74, 6) is 1.66. The molecule has 1 saturated heterocycles. The number of carbonyl (C=O) groups excluding carboxylic acids is 1. The molecule has 0 aromatic heterocycles. The summed E-state index contributed by atoms with van der Waals surface area (Å²) < 4.78 is 40.0. The van der Waals surface area contributed by atoms with E-state index in [-0.39, 0.29) is 23.9 Å². The number of rotatable bonds is 4. The van der Waals surface area contributed by atoms with Crippen LogP contribution in [0.25, 0.3) is 0 Å². The van der Waals surface area contributed by atoms with Gasteiger partial charge in [-0.25, -0.2) is 12.8 Å². The molecule has 3 fully saturated rings. The van der Waals surface area contributed by atoms with Crippen molar-refractivity contribution in [1.29, 1.82) is 0 Å². The summed E-state index contributed by atoms with van der Waals surface area (Å²) in [5, 5.41) is 0. The van der Waals surface area contributed by atoms with E-state index < -0.39 is 15.8 Å². The van der Waals surface area contributed by atoms with E-state index in [0.29, 0.717) is 25.4 Å². The lowest BCUT2D eigenvalue weighted by Crippen LogP contribution is -2.50. The number of halogens is 1. The molecule has 1 aromatic rings. The Morgan fingerprint density at radius 1 is 1.12 bits per heavy atom. The van der Waals surface area contributed by atoms with Crippen LogP contribution in [0.4, 0.5) is 4.39 Å². The van der Waals surface area contributed by atoms with Crippen LogP contribution in [0, 0.1) is 23.6 Å². The highest BCUT2D eigenvalue weighted by Gasteiger charge is 2.41. The molecule has 1 heterocycles. The molecule has 3 aliphatic rings. The molecule has 5 nitrogen and oxygen atoms in total. The second-order valence-electron chi connectivity index (χ2n) is 7.88. The molecule has 1 amide bonds. The van der Waals surface area contributed by atoms with Gasteiger partial charge in [0.1, 0.15) is 5.82 Å². The molecule has 3 atom stereocenters. The minimum atomic E-state index is -3.71. The zero-order chi connectivity index (χ0) is 18.3. The molecule has 0 spiro atoms. The van der Waals surface area contributed by atoms with Crippen molar-refractivity contribution in [3.63, 3.8) is 0 Å². The molecule has 2 saturated carbocycles. The molecule has 0 N–H and O–H groups in total. The molecule has 2 aliphatic carbocycles. The van der Waals surface area contributed by atoms with E-state index in [1.807, 2.05) is 0 Å². The largest absolute Gasteiger partial charge is 0.340 e. The van der Waals surface area contributed by atoms with Crippen molar-refractivity contribution in [2.24, 2.45) is 17.8 Å². The van der Waals surface area contributed by atoms with Gasteiger partial charge in [-0.3, -0.25) is 4.79 Å². The molecule has 1 aliphatic heterocycles. The van der Waals surface area contributed by atoms with Crippen LogP contribution in [0.15, 0.2) is 29.2 Å². The van der Waals surface area contributed by atoms with Crippen LogP contribution in [0.3, 0.4) is 0 Å². The quantitative estimate of drug-likeness (QED) is 0.806. The van der Waals surface area contributed by atoms with E-state index in [0.717, 1.165) is 17.9 Å². The summed E-state index contributed by atoms with van der Waals surface area (Å²) in [6, 6.07) is 5.08. The van der Waals surface area contributed by atoms with Crippen molar-refractivity contribution in [2.45, 2.75) is 37.0 Å². The second kappa shape index (κ2) is 6.93. The molecular weight excluding hydrogens is 355 g/mol.